The van der Waals surface area contributed by atoms with Gasteiger partial charge in [-0.1, -0.05) is 17.7 Å². The number of carboxylic acid groups (broad SMARTS) is 1. The second-order valence-corrected chi connectivity index (χ2v) is 5.81. The molecule has 0 saturated carbocycles. The van der Waals surface area contributed by atoms with Crippen molar-refractivity contribution < 1.29 is 19.1 Å². The average Bonchev–Trinajstić information content (AvgIpc) is 2.98. The van der Waals surface area contributed by atoms with Crippen molar-refractivity contribution in [2.75, 3.05) is 0 Å². The fourth-order valence-corrected chi connectivity index (χ4v) is 2.44. The molecule has 1 heterocycles. The molecule has 0 saturated heterocycles. The Morgan fingerprint density at radius 2 is 1.79 bits per heavy atom. The van der Waals surface area contributed by atoms with Gasteiger partial charge in [-0.25, -0.2) is 4.79 Å². The lowest BCUT2D eigenvalue weighted by Crippen LogP contribution is -1.98. The summed E-state index contributed by atoms with van der Waals surface area (Å²) >= 11 is 5.83. The first-order chi connectivity index (χ1) is 11.4. The second-order valence-electron chi connectivity index (χ2n) is 5.38. The maximum absolute atomic E-state index is 12.5. The smallest absolute Gasteiger partial charge is 0.331 e. The van der Waals surface area contributed by atoms with E-state index in [0.717, 1.165) is 10.9 Å². The number of carboxylic acids is 1. The maximum Gasteiger partial charge on any atom is 0.331 e. The highest BCUT2D eigenvalue weighted by atomic mass is 35.5. The summed E-state index contributed by atoms with van der Waals surface area (Å²) in [5.74, 6) is -0.981. The highest BCUT2D eigenvalue weighted by Crippen LogP contribution is 2.24. The number of ketones is 1. The van der Waals surface area contributed by atoms with E-state index in [0.29, 0.717) is 16.2 Å². The number of rotatable bonds is 4. The van der Waals surface area contributed by atoms with Gasteiger partial charge < -0.3 is 9.52 Å². The van der Waals surface area contributed by atoms with Crippen molar-refractivity contribution >= 4 is 40.4 Å². The number of hydrogen-bond donors (Lipinski definition) is 1. The lowest BCUT2D eigenvalue weighted by molar-refractivity contribution is -0.132. The van der Waals surface area contributed by atoms with Crippen molar-refractivity contribution in [1.29, 1.82) is 0 Å². The van der Waals surface area contributed by atoms with Crippen LogP contribution in [0.4, 0.5) is 0 Å². The number of fused-ring (bicyclic) bond motifs is 1. The molecule has 3 rings (SSSR count). The first-order valence-corrected chi connectivity index (χ1v) is 7.57. The topological polar surface area (TPSA) is 67.5 Å². The van der Waals surface area contributed by atoms with Crippen LogP contribution in [0.25, 0.3) is 17.0 Å². The Bertz CT molecular complexity index is 965. The minimum atomic E-state index is -0.971. The predicted octanol–water partition coefficient (Wildman–Crippen LogP) is 4.81. The Labute approximate surface area is 143 Å². The highest BCUT2D eigenvalue weighted by molar-refractivity contribution is 6.30. The Balaban J connectivity index is 1.96. The van der Waals surface area contributed by atoms with E-state index in [4.69, 9.17) is 21.1 Å². The fourth-order valence-electron chi connectivity index (χ4n) is 2.32. The summed E-state index contributed by atoms with van der Waals surface area (Å²) in [4.78, 5) is 23.4. The van der Waals surface area contributed by atoms with E-state index in [1.54, 1.807) is 54.6 Å². The van der Waals surface area contributed by atoms with E-state index in [9.17, 15) is 9.59 Å². The number of halogens is 1. The Morgan fingerprint density at radius 1 is 1.08 bits per heavy atom. The van der Waals surface area contributed by atoms with Gasteiger partial charge in [-0.2, -0.15) is 0 Å². The zero-order valence-corrected chi connectivity index (χ0v) is 13.5. The number of carbonyl (C=O) groups excluding carboxylic acids is 1. The standard InChI is InChI=1S/C19H13ClO4/c1-11(19(22)23)8-12-2-7-16-14(9-12)10-17(24-16)18(21)13-3-5-15(20)6-4-13/h2-10H,1H3,(H,22,23)/b11-8+. The molecule has 0 radical (unpaired) electrons. The highest BCUT2D eigenvalue weighted by Gasteiger charge is 2.14. The quantitative estimate of drug-likeness (QED) is 0.547. The summed E-state index contributed by atoms with van der Waals surface area (Å²) < 4.78 is 5.60. The molecule has 0 aliphatic heterocycles. The molecule has 1 N–H and O–H groups in total. The van der Waals surface area contributed by atoms with Gasteiger partial charge in [0.1, 0.15) is 5.58 Å². The number of hydrogen-bond acceptors (Lipinski definition) is 3. The number of aliphatic carboxylic acids is 1. The lowest BCUT2D eigenvalue weighted by atomic mass is 10.1. The average molecular weight is 341 g/mol. The predicted molar refractivity (Wildman–Crippen MR) is 92.4 cm³/mol. The van der Waals surface area contributed by atoms with Gasteiger partial charge in [-0.3, -0.25) is 4.79 Å². The van der Waals surface area contributed by atoms with Crippen LogP contribution in [0.1, 0.15) is 28.6 Å². The summed E-state index contributed by atoms with van der Waals surface area (Å²) in [7, 11) is 0. The van der Waals surface area contributed by atoms with Crippen molar-refractivity contribution in [3.05, 3.63) is 76.0 Å². The summed E-state index contributed by atoms with van der Waals surface area (Å²) in [5.41, 5.74) is 2.02. The van der Waals surface area contributed by atoms with E-state index in [1.807, 2.05) is 0 Å². The molecule has 0 fully saturated rings. The third kappa shape index (κ3) is 3.24. The molecule has 0 aliphatic carbocycles. The van der Waals surface area contributed by atoms with Crippen LogP contribution in [0.2, 0.25) is 5.02 Å². The number of carbonyl (C=O) groups is 2. The zero-order chi connectivity index (χ0) is 17.3. The molecule has 0 amide bonds. The van der Waals surface area contributed by atoms with Gasteiger partial charge in [0.05, 0.1) is 0 Å². The maximum atomic E-state index is 12.5. The van der Waals surface area contributed by atoms with E-state index in [-0.39, 0.29) is 17.1 Å². The van der Waals surface area contributed by atoms with E-state index >= 15 is 0 Å². The summed E-state index contributed by atoms with van der Waals surface area (Å²) in [6.07, 6.45) is 1.56. The molecule has 0 unspecified atom stereocenters. The van der Waals surface area contributed by atoms with Gasteiger partial charge in [0.15, 0.2) is 5.76 Å². The minimum absolute atomic E-state index is 0.225. The third-order valence-electron chi connectivity index (χ3n) is 3.59. The van der Waals surface area contributed by atoms with E-state index < -0.39 is 5.97 Å². The van der Waals surface area contributed by atoms with Crippen LogP contribution in [0, 0.1) is 0 Å². The molecule has 24 heavy (non-hydrogen) atoms. The summed E-state index contributed by atoms with van der Waals surface area (Å²) in [6, 6.07) is 13.5. The number of furan rings is 1. The molecule has 0 spiro atoms. The van der Waals surface area contributed by atoms with Crippen LogP contribution >= 0.6 is 11.6 Å². The van der Waals surface area contributed by atoms with Gasteiger partial charge in [0.25, 0.3) is 0 Å². The van der Waals surface area contributed by atoms with E-state index in [2.05, 4.69) is 0 Å². The monoisotopic (exact) mass is 340 g/mol. The second kappa shape index (κ2) is 6.34. The first-order valence-electron chi connectivity index (χ1n) is 7.19. The third-order valence-corrected chi connectivity index (χ3v) is 3.84. The molecule has 4 nitrogen and oxygen atoms in total. The molecule has 0 aliphatic rings. The fraction of sp³-hybridized carbons (Fsp3) is 0.0526. The molecular formula is C19H13ClO4. The Hall–Kier alpha value is -2.85. The molecule has 0 atom stereocenters. The molecule has 120 valence electrons. The van der Waals surface area contributed by atoms with Gasteiger partial charge >= 0.3 is 5.97 Å². The summed E-state index contributed by atoms with van der Waals surface area (Å²) in [5, 5.41) is 10.2. The molecule has 1 aromatic heterocycles. The minimum Gasteiger partial charge on any atom is -0.478 e. The first kappa shape index (κ1) is 16.0. The number of benzene rings is 2. The molecule has 5 heteroatoms. The van der Waals surface area contributed by atoms with Crippen LogP contribution in [0.15, 0.2) is 58.5 Å². The van der Waals surface area contributed by atoms with Crippen LogP contribution < -0.4 is 0 Å². The zero-order valence-electron chi connectivity index (χ0n) is 12.7. The molecule has 3 aromatic rings. The van der Waals surface area contributed by atoms with Gasteiger partial charge in [0.2, 0.25) is 5.78 Å². The molecule has 2 aromatic carbocycles. The van der Waals surface area contributed by atoms with Crippen LogP contribution in [-0.4, -0.2) is 16.9 Å². The van der Waals surface area contributed by atoms with Gasteiger partial charge in [0, 0.05) is 21.5 Å². The molecule has 0 bridgehead atoms. The van der Waals surface area contributed by atoms with E-state index in [1.165, 1.54) is 6.92 Å². The van der Waals surface area contributed by atoms with Crippen molar-refractivity contribution in [2.24, 2.45) is 0 Å². The largest absolute Gasteiger partial charge is 0.478 e. The van der Waals surface area contributed by atoms with Gasteiger partial charge in [-0.15, -0.1) is 0 Å². The normalized spacial score (nSPS) is 11.7. The Kier molecular flexibility index (Phi) is 4.23. The summed E-state index contributed by atoms with van der Waals surface area (Å²) in [6.45, 7) is 1.53. The van der Waals surface area contributed by atoms with Crippen LogP contribution in [-0.2, 0) is 4.79 Å². The van der Waals surface area contributed by atoms with Crippen LogP contribution in [0.5, 0.6) is 0 Å². The molecular weight excluding hydrogens is 328 g/mol. The van der Waals surface area contributed by atoms with Gasteiger partial charge in [-0.05, 0) is 61.0 Å². The van der Waals surface area contributed by atoms with Crippen molar-refractivity contribution in [3.63, 3.8) is 0 Å². The van der Waals surface area contributed by atoms with Crippen molar-refractivity contribution in [1.82, 2.24) is 0 Å². The van der Waals surface area contributed by atoms with Crippen molar-refractivity contribution in [3.8, 4) is 0 Å². The van der Waals surface area contributed by atoms with Crippen LogP contribution in [0.3, 0.4) is 0 Å². The Morgan fingerprint density at radius 3 is 2.46 bits per heavy atom. The van der Waals surface area contributed by atoms with Crippen molar-refractivity contribution in [2.45, 2.75) is 6.92 Å². The SMILES string of the molecule is C/C(=C\c1ccc2oc(C(=O)c3ccc(Cl)cc3)cc2c1)C(=O)O. The lowest BCUT2D eigenvalue weighted by Gasteiger charge is -1.97.